The van der Waals surface area contributed by atoms with E-state index in [0.717, 1.165) is 19.3 Å². The molecule has 0 saturated heterocycles. The first-order chi connectivity index (χ1) is 6.66. The summed E-state index contributed by atoms with van der Waals surface area (Å²) < 4.78 is 4.93. The Labute approximate surface area is 85.4 Å². The molecule has 0 unspecified atom stereocenters. The summed E-state index contributed by atoms with van der Waals surface area (Å²) in [5.74, 6) is 0.212. The third-order valence-electron chi connectivity index (χ3n) is 2.89. The molecule has 0 aromatic heterocycles. The molecule has 1 aliphatic rings. The highest BCUT2D eigenvalue weighted by Crippen LogP contribution is 2.25. The van der Waals surface area contributed by atoms with Gasteiger partial charge in [0.05, 0.1) is 12.5 Å². The molecule has 4 nitrogen and oxygen atoms in total. The molecule has 1 amide bonds. The van der Waals surface area contributed by atoms with E-state index in [1.54, 1.807) is 12.0 Å². The quantitative estimate of drug-likeness (QED) is 0.706. The molecule has 0 aromatic rings. The van der Waals surface area contributed by atoms with Crippen molar-refractivity contribution >= 4 is 5.91 Å². The van der Waals surface area contributed by atoms with E-state index in [9.17, 15) is 4.79 Å². The predicted octanol–water partition coefficient (Wildman–Crippen LogP) is 0.219. The normalized spacial score (nSPS) is 26.5. The third kappa shape index (κ3) is 2.69. The van der Waals surface area contributed by atoms with Crippen molar-refractivity contribution in [2.75, 3.05) is 27.3 Å². The van der Waals surface area contributed by atoms with Gasteiger partial charge in [0, 0.05) is 26.7 Å². The molecule has 0 aromatic carbocycles. The first kappa shape index (κ1) is 11.5. The molecular formula is C10H20N2O2. The Morgan fingerprint density at radius 1 is 1.57 bits per heavy atom. The molecule has 0 radical (unpaired) electrons. The van der Waals surface area contributed by atoms with Gasteiger partial charge in [0.15, 0.2) is 0 Å². The fourth-order valence-electron chi connectivity index (χ4n) is 1.92. The van der Waals surface area contributed by atoms with Gasteiger partial charge >= 0.3 is 0 Å². The number of ether oxygens (including phenoxy) is 1. The lowest BCUT2D eigenvalue weighted by molar-refractivity contribution is -0.134. The van der Waals surface area contributed by atoms with E-state index >= 15 is 0 Å². The van der Waals surface area contributed by atoms with Crippen molar-refractivity contribution < 1.29 is 9.53 Å². The van der Waals surface area contributed by atoms with Crippen LogP contribution in [-0.2, 0) is 9.53 Å². The highest BCUT2D eigenvalue weighted by molar-refractivity contribution is 5.79. The summed E-state index contributed by atoms with van der Waals surface area (Å²) >= 11 is 0. The zero-order valence-electron chi connectivity index (χ0n) is 9.03. The van der Waals surface area contributed by atoms with Crippen molar-refractivity contribution in [1.82, 2.24) is 4.90 Å². The van der Waals surface area contributed by atoms with Gasteiger partial charge in [-0.2, -0.15) is 0 Å². The number of carbonyl (C=O) groups is 1. The minimum absolute atomic E-state index is 0.0388. The van der Waals surface area contributed by atoms with Crippen LogP contribution < -0.4 is 5.73 Å². The Morgan fingerprint density at radius 3 is 2.79 bits per heavy atom. The van der Waals surface area contributed by atoms with Crippen molar-refractivity contribution in [2.24, 2.45) is 11.7 Å². The van der Waals surface area contributed by atoms with Crippen LogP contribution in [0.1, 0.15) is 19.3 Å². The number of carbonyl (C=O) groups excluding carboxylic acids is 1. The number of hydrogen-bond donors (Lipinski definition) is 1. The summed E-state index contributed by atoms with van der Waals surface area (Å²) in [4.78, 5) is 13.6. The second-order valence-corrected chi connectivity index (χ2v) is 3.95. The molecule has 1 fully saturated rings. The summed E-state index contributed by atoms with van der Waals surface area (Å²) in [6, 6.07) is 0.0625. The zero-order valence-corrected chi connectivity index (χ0v) is 9.03. The average molecular weight is 200 g/mol. The van der Waals surface area contributed by atoms with E-state index < -0.39 is 0 Å². The molecule has 0 heterocycles. The van der Waals surface area contributed by atoms with Crippen molar-refractivity contribution in [1.29, 1.82) is 0 Å². The van der Waals surface area contributed by atoms with E-state index in [-0.39, 0.29) is 17.9 Å². The number of amides is 1. The van der Waals surface area contributed by atoms with Crippen LogP contribution >= 0.6 is 0 Å². The molecule has 0 aliphatic heterocycles. The molecule has 1 saturated carbocycles. The Kier molecular flexibility index (Phi) is 4.35. The van der Waals surface area contributed by atoms with Gasteiger partial charge in [0.2, 0.25) is 5.91 Å². The number of rotatable bonds is 4. The second-order valence-electron chi connectivity index (χ2n) is 3.95. The topological polar surface area (TPSA) is 55.6 Å². The van der Waals surface area contributed by atoms with Gasteiger partial charge in [0.1, 0.15) is 0 Å². The first-order valence-corrected chi connectivity index (χ1v) is 5.16. The fraction of sp³-hybridized carbons (Fsp3) is 0.900. The minimum atomic E-state index is 0.0388. The van der Waals surface area contributed by atoms with Crippen molar-refractivity contribution in [2.45, 2.75) is 25.3 Å². The number of methoxy groups -OCH3 is 1. The summed E-state index contributed by atoms with van der Waals surface area (Å²) in [7, 11) is 3.45. The minimum Gasteiger partial charge on any atom is -0.383 e. The molecule has 2 N–H and O–H groups in total. The van der Waals surface area contributed by atoms with Crippen LogP contribution in [0, 0.1) is 5.92 Å². The Balaban J connectivity index is 2.39. The Hall–Kier alpha value is -0.610. The molecule has 14 heavy (non-hydrogen) atoms. The standard InChI is InChI=1S/C10H20N2O2/c1-12(6-7-14-2)10(13)8-4-3-5-9(8)11/h8-9H,3-7,11H2,1-2H3/t8-,9+/m0/s1. The molecule has 0 bridgehead atoms. The lowest BCUT2D eigenvalue weighted by atomic mass is 10.0. The van der Waals surface area contributed by atoms with E-state index in [0.29, 0.717) is 13.2 Å². The highest BCUT2D eigenvalue weighted by Gasteiger charge is 2.31. The molecule has 4 heteroatoms. The van der Waals surface area contributed by atoms with Gasteiger partial charge in [-0.3, -0.25) is 4.79 Å². The maximum Gasteiger partial charge on any atom is 0.227 e. The summed E-state index contributed by atoms with van der Waals surface area (Å²) in [6.07, 6.45) is 3.00. The van der Waals surface area contributed by atoms with E-state index in [4.69, 9.17) is 10.5 Å². The molecule has 82 valence electrons. The number of nitrogens with two attached hydrogens (primary N) is 1. The van der Waals surface area contributed by atoms with Crippen LogP contribution in [-0.4, -0.2) is 44.2 Å². The van der Waals surface area contributed by atoms with Crippen LogP contribution in [0.25, 0.3) is 0 Å². The summed E-state index contributed by atoms with van der Waals surface area (Å²) in [6.45, 7) is 1.24. The molecule has 1 rings (SSSR count). The number of nitrogens with zero attached hydrogens (tertiary/aromatic N) is 1. The first-order valence-electron chi connectivity index (χ1n) is 5.16. The largest absolute Gasteiger partial charge is 0.383 e. The number of hydrogen-bond acceptors (Lipinski definition) is 3. The summed E-state index contributed by atoms with van der Waals surface area (Å²) in [5, 5.41) is 0. The average Bonchev–Trinajstić information content (AvgIpc) is 2.59. The van der Waals surface area contributed by atoms with Gasteiger partial charge in [-0.1, -0.05) is 6.42 Å². The van der Waals surface area contributed by atoms with Crippen molar-refractivity contribution in [3.63, 3.8) is 0 Å². The van der Waals surface area contributed by atoms with Crippen LogP contribution in [0.5, 0.6) is 0 Å². The zero-order chi connectivity index (χ0) is 10.6. The lowest BCUT2D eigenvalue weighted by Crippen LogP contribution is -2.40. The monoisotopic (exact) mass is 200 g/mol. The van der Waals surface area contributed by atoms with E-state index in [1.807, 2.05) is 7.05 Å². The van der Waals surface area contributed by atoms with Crippen LogP contribution in [0.3, 0.4) is 0 Å². The second kappa shape index (κ2) is 5.32. The Morgan fingerprint density at radius 2 is 2.29 bits per heavy atom. The maximum absolute atomic E-state index is 11.9. The van der Waals surface area contributed by atoms with Gasteiger partial charge in [-0.05, 0) is 12.8 Å². The summed E-state index contributed by atoms with van der Waals surface area (Å²) in [5.41, 5.74) is 5.87. The number of likely N-dealkylation sites (N-methyl/N-ethyl adjacent to an activating group) is 1. The molecular weight excluding hydrogens is 180 g/mol. The van der Waals surface area contributed by atoms with Crippen LogP contribution in [0.15, 0.2) is 0 Å². The third-order valence-corrected chi connectivity index (χ3v) is 2.89. The lowest BCUT2D eigenvalue weighted by Gasteiger charge is -2.22. The maximum atomic E-state index is 11.9. The highest BCUT2D eigenvalue weighted by atomic mass is 16.5. The van der Waals surface area contributed by atoms with Crippen LogP contribution in [0.2, 0.25) is 0 Å². The van der Waals surface area contributed by atoms with E-state index in [1.165, 1.54) is 0 Å². The van der Waals surface area contributed by atoms with Gasteiger partial charge in [-0.15, -0.1) is 0 Å². The van der Waals surface area contributed by atoms with Crippen molar-refractivity contribution in [3.05, 3.63) is 0 Å². The van der Waals surface area contributed by atoms with Gasteiger partial charge in [0.25, 0.3) is 0 Å². The van der Waals surface area contributed by atoms with Crippen LogP contribution in [0.4, 0.5) is 0 Å². The van der Waals surface area contributed by atoms with Gasteiger partial charge in [-0.25, -0.2) is 0 Å². The fourth-order valence-corrected chi connectivity index (χ4v) is 1.92. The smallest absolute Gasteiger partial charge is 0.227 e. The SMILES string of the molecule is COCCN(C)C(=O)[C@H]1CCC[C@H]1N. The molecule has 1 aliphatic carbocycles. The molecule has 2 atom stereocenters. The Bertz CT molecular complexity index is 197. The van der Waals surface area contributed by atoms with E-state index in [2.05, 4.69) is 0 Å². The molecule has 0 spiro atoms. The predicted molar refractivity (Wildman–Crippen MR) is 54.8 cm³/mol. The van der Waals surface area contributed by atoms with Crippen molar-refractivity contribution in [3.8, 4) is 0 Å². The van der Waals surface area contributed by atoms with Gasteiger partial charge < -0.3 is 15.4 Å².